The van der Waals surface area contributed by atoms with Gasteiger partial charge in [-0.1, -0.05) is 23.7 Å². The zero-order chi connectivity index (χ0) is 15.4. The largest absolute Gasteiger partial charge is 0.381 e. The molecule has 0 saturated heterocycles. The summed E-state index contributed by atoms with van der Waals surface area (Å²) in [6.07, 6.45) is 2.17. The van der Waals surface area contributed by atoms with Crippen LogP contribution in [0.25, 0.3) is 0 Å². The van der Waals surface area contributed by atoms with Crippen LogP contribution in [0.1, 0.15) is 18.4 Å². The van der Waals surface area contributed by atoms with Gasteiger partial charge in [0.2, 0.25) is 0 Å². The summed E-state index contributed by atoms with van der Waals surface area (Å²) in [5.74, 6) is 0. The van der Waals surface area contributed by atoms with E-state index < -0.39 is 0 Å². The maximum atomic E-state index is 11.6. The first-order valence-corrected chi connectivity index (χ1v) is 7.73. The molecule has 0 heterocycles. The zero-order valence-corrected chi connectivity index (χ0v) is 12.9. The number of urea groups is 1. The van der Waals surface area contributed by atoms with E-state index in [9.17, 15) is 4.79 Å². The van der Waals surface area contributed by atoms with E-state index in [2.05, 4.69) is 16.0 Å². The molecular weight excluding hydrogens is 298 g/mol. The first-order chi connectivity index (χ1) is 10.7. The van der Waals surface area contributed by atoms with Crippen molar-refractivity contribution in [1.82, 2.24) is 5.32 Å². The molecule has 2 aromatic rings. The van der Waals surface area contributed by atoms with Gasteiger partial charge in [-0.25, -0.2) is 4.79 Å². The van der Waals surface area contributed by atoms with Gasteiger partial charge in [-0.05, 0) is 54.8 Å². The van der Waals surface area contributed by atoms with Gasteiger partial charge in [0.15, 0.2) is 0 Å². The quantitative estimate of drug-likeness (QED) is 0.773. The molecule has 0 spiro atoms. The molecule has 5 heteroatoms. The molecule has 1 aliphatic rings. The second-order valence-electron chi connectivity index (χ2n) is 5.43. The third-order valence-electron chi connectivity index (χ3n) is 3.47. The summed E-state index contributed by atoms with van der Waals surface area (Å²) in [7, 11) is 0. The normalized spacial score (nSPS) is 13.5. The third kappa shape index (κ3) is 4.40. The van der Waals surface area contributed by atoms with E-state index in [4.69, 9.17) is 11.6 Å². The highest BCUT2D eigenvalue weighted by atomic mass is 35.5. The van der Waals surface area contributed by atoms with Gasteiger partial charge >= 0.3 is 6.03 Å². The monoisotopic (exact) mass is 315 g/mol. The van der Waals surface area contributed by atoms with Crippen molar-refractivity contribution in [3.8, 4) is 0 Å². The Morgan fingerprint density at radius 3 is 2.27 bits per heavy atom. The molecule has 114 valence electrons. The molecule has 3 N–H and O–H groups in total. The first kappa shape index (κ1) is 14.7. The van der Waals surface area contributed by atoms with Crippen molar-refractivity contribution in [2.75, 3.05) is 10.6 Å². The van der Waals surface area contributed by atoms with E-state index in [1.807, 2.05) is 48.5 Å². The van der Waals surface area contributed by atoms with Gasteiger partial charge < -0.3 is 16.0 Å². The molecule has 4 nitrogen and oxygen atoms in total. The molecule has 0 unspecified atom stereocenters. The maximum absolute atomic E-state index is 11.6. The predicted octanol–water partition coefficient (Wildman–Crippen LogP) is 4.24. The lowest BCUT2D eigenvalue weighted by molar-refractivity contribution is 0.251. The van der Waals surface area contributed by atoms with Crippen molar-refractivity contribution in [3.05, 3.63) is 59.1 Å². The first-order valence-electron chi connectivity index (χ1n) is 7.35. The molecule has 1 fully saturated rings. The molecule has 0 bridgehead atoms. The van der Waals surface area contributed by atoms with Crippen LogP contribution in [0.2, 0.25) is 5.02 Å². The van der Waals surface area contributed by atoms with Crippen molar-refractivity contribution in [3.63, 3.8) is 0 Å². The van der Waals surface area contributed by atoms with Crippen molar-refractivity contribution < 1.29 is 4.79 Å². The standard InChI is InChI=1S/C17H18ClN3O/c18-13-3-1-12(2-4-13)11-19-14-5-7-15(8-6-14)20-17(22)21-16-9-10-16/h1-8,16,19H,9-11H2,(H2,20,21,22). The van der Waals surface area contributed by atoms with Gasteiger partial charge in [0.05, 0.1) is 0 Å². The molecule has 22 heavy (non-hydrogen) atoms. The highest BCUT2D eigenvalue weighted by Crippen LogP contribution is 2.19. The molecule has 0 radical (unpaired) electrons. The predicted molar refractivity (Wildman–Crippen MR) is 90.4 cm³/mol. The highest BCUT2D eigenvalue weighted by molar-refractivity contribution is 6.30. The number of carbonyl (C=O) groups is 1. The number of hydrogen-bond donors (Lipinski definition) is 3. The van der Waals surface area contributed by atoms with Crippen LogP contribution in [0.3, 0.4) is 0 Å². The summed E-state index contributed by atoms with van der Waals surface area (Å²) in [6.45, 7) is 0.728. The summed E-state index contributed by atoms with van der Waals surface area (Å²) in [5.41, 5.74) is 2.95. The lowest BCUT2D eigenvalue weighted by Gasteiger charge is -2.09. The highest BCUT2D eigenvalue weighted by Gasteiger charge is 2.23. The Balaban J connectivity index is 1.50. The molecule has 0 atom stereocenters. The summed E-state index contributed by atoms with van der Waals surface area (Å²) in [6, 6.07) is 15.6. The molecule has 0 aliphatic heterocycles. The number of rotatable bonds is 5. The Hall–Kier alpha value is -2.20. The maximum Gasteiger partial charge on any atom is 0.319 e. The molecular formula is C17H18ClN3O. The minimum absolute atomic E-state index is 0.135. The second-order valence-corrected chi connectivity index (χ2v) is 5.87. The summed E-state index contributed by atoms with van der Waals surface area (Å²) in [4.78, 5) is 11.6. The second kappa shape index (κ2) is 6.71. The molecule has 3 rings (SSSR count). The number of anilines is 2. The number of nitrogens with one attached hydrogen (secondary N) is 3. The fourth-order valence-electron chi connectivity index (χ4n) is 2.06. The van der Waals surface area contributed by atoms with E-state index in [0.717, 1.165) is 41.3 Å². The van der Waals surface area contributed by atoms with Crippen molar-refractivity contribution in [2.24, 2.45) is 0 Å². The minimum atomic E-state index is -0.135. The minimum Gasteiger partial charge on any atom is -0.381 e. The van der Waals surface area contributed by atoms with E-state index in [-0.39, 0.29) is 6.03 Å². The van der Waals surface area contributed by atoms with Gasteiger partial charge in [-0.2, -0.15) is 0 Å². The Morgan fingerprint density at radius 2 is 1.64 bits per heavy atom. The Kier molecular flexibility index (Phi) is 4.49. The molecule has 1 saturated carbocycles. The SMILES string of the molecule is O=C(Nc1ccc(NCc2ccc(Cl)cc2)cc1)NC1CC1. The van der Waals surface area contributed by atoms with E-state index >= 15 is 0 Å². The summed E-state index contributed by atoms with van der Waals surface area (Å²) < 4.78 is 0. The van der Waals surface area contributed by atoms with Gasteiger partial charge in [0.1, 0.15) is 0 Å². The topological polar surface area (TPSA) is 53.2 Å². The lowest BCUT2D eigenvalue weighted by atomic mass is 10.2. The Bertz CT molecular complexity index is 636. The van der Waals surface area contributed by atoms with Gasteiger partial charge in [0, 0.05) is 29.0 Å². The van der Waals surface area contributed by atoms with Crippen LogP contribution in [0.15, 0.2) is 48.5 Å². The summed E-state index contributed by atoms with van der Waals surface area (Å²) >= 11 is 5.86. The number of amides is 2. The van der Waals surface area contributed by atoms with Gasteiger partial charge in [0.25, 0.3) is 0 Å². The van der Waals surface area contributed by atoms with Gasteiger partial charge in [-0.3, -0.25) is 0 Å². The van der Waals surface area contributed by atoms with Crippen LogP contribution >= 0.6 is 11.6 Å². The smallest absolute Gasteiger partial charge is 0.319 e. The third-order valence-corrected chi connectivity index (χ3v) is 3.72. The van der Waals surface area contributed by atoms with Crippen molar-refractivity contribution >= 4 is 29.0 Å². The molecule has 0 aromatic heterocycles. The average Bonchev–Trinajstić information content (AvgIpc) is 3.32. The number of benzene rings is 2. The van der Waals surface area contributed by atoms with Crippen LogP contribution in [0.5, 0.6) is 0 Å². The van der Waals surface area contributed by atoms with Gasteiger partial charge in [-0.15, -0.1) is 0 Å². The number of hydrogen-bond acceptors (Lipinski definition) is 2. The fourth-order valence-corrected chi connectivity index (χ4v) is 2.18. The van der Waals surface area contributed by atoms with Crippen molar-refractivity contribution in [2.45, 2.75) is 25.4 Å². The Labute approximate surface area is 134 Å². The fraction of sp³-hybridized carbons (Fsp3) is 0.235. The van der Waals surface area contributed by atoms with Crippen LogP contribution in [-0.2, 0) is 6.54 Å². The van der Waals surface area contributed by atoms with Crippen LogP contribution in [0, 0.1) is 0 Å². The zero-order valence-electron chi connectivity index (χ0n) is 12.1. The van der Waals surface area contributed by atoms with E-state index in [1.165, 1.54) is 0 Å². The molecule has 2 aromatic carbocycles. The number of halogens is 1. The van der Waals surface area contributed by atoms with Crippen LogP contribution < -0.4 is 16.0 Å². The van der Waals surface area contributed by atoms with Crippen LogP contribution in [0.4, 0.5) is 16.2 Å². The van der Waals surface area contributed by atoms with E-state index in [0.29, 0.717) is 6.04 Å². The Morgan fingerprint density at radius 1 is 1.00 bits per heavy atom. The van der Waals surface area contributed by atoms with E-state index in [1.54, 1.807) is 0 Å². The average molecular weight is 316 g/mol. The summed E-state index contributed by atoms with van der Waals surface area (Å²) in [5, 5.41) is 9.79. The van der Waals surface area contributed by atoms with Crippen molar-refractivity contribution in [1.29, 1.82) is 0 Å². The van der Waals surface area contributed by atoms with Crippen LogP contribution in [-0.4, -0.2) is 12.1 Å². The number of carbonyl (C=O) groups excluding carboxylic acids is 1. The lowest BCUT2D eigenvalue weighted by Crippen LogP contribution is -2.30. The molecule has 2 amide bonds. The molecule has 1 aliphatic carbocycles.